The van der Waals surface area contributed by atoms with Crippen molar-refractivity contribution in [2.45, 2.75) is 52.0 Å². The van der Waals surface area contributed by atoms with Crippen molar-refractivity contribution in [2.75, 3.05) is 23.9 Å². The zero-order valence-electron chi connectivity index (χ0n) is 18.2. The average molecular weight is 429 g/mol. The van der Waals surface area contributed by atoms with Crippen LogP contribution in [0.2, 0.25) is 0 Å². The third kappa shape index (κ3) is 5.37. The highest BCUT2D eigenvalue weighted by atomic mass is 19.1. The van der Waals surface area contributed by atoms with Crippen LogP contribution in [-0.4, -0.2) is 41.5 Å². The van der Waals surface area contributed by atoms with E-state index in [9.17, 15) is 14.0 Å². The van der Waals surface area contributed by atoms with Crippen molar-refractivity contribution in [2.24, 2.45) is 5.92 Å². The van der Waals surface area contributed by atoms with Crippen molar-refractivity contribution in [1.29, 1.82) is 0 Å². The van der Waals surface area contributed by atoms with Crippen LogP contribution >= 0.6 is 0 Å². The number of nitrogens with zero attached hydrogens (tertiary/aromatic N) is 3. The number of carbonyl (C=O) groups is 2. The summed E-state index contributed by atoms with van der Waals surface area (Å²) >= 11 is 0. The van der Waals surface area contributed by atoms with Gasteiger partial charge >= 0.3 is 5.97 Å². The Hall–Kier alpha value is -3.03. The lowest BCUT2D eigenvalue weighted by Gasteiger charge is -2.27. The minimum atomic E-state index is -0.526. The molecule has 1 saturated carbocycles. The zero-order chi connectivity index (χ0) is 22.4. The van der Waals surface area contributed by atoms with E-state index < -0.39 is 5.82 Å². The highest BCUT2D eigenvalue weighted by molar-refractivity contribution is 5.93. The van der Waals surface area contributed by atoms with E-state index in [2.05, 4.69) is 15.3 Å². The minimum absolute atomic E-state index is 0.00715. The van der Waals surface area contributed by atoms with Gasteiger partial charge in [-0.1, -0.05) is 19.1 Å². The molecule has 8 heteroatoms. The Labute approximate surface area is 182 Å². The first-order valence-corrected chi connectivity index (χ1v) is 10.7. The quantitative estimate of drug-likeness (QED) is 0.666. The van der Waals surface area contributed by atoms with Crippen LogP contribution in [0.1, 0.15) is 46.0 Å². The molecule has 2 aromatic rings. The number of anilines is 2. The number of methoxy groups -OCH3 is 1. The van der Waals surface area contributed by atoms with E-state index in [0.29, 0.717) is 30.2 Å². The van der Waals surface area contributed by atoms with Crippen LogP contribution in [0, 0.1) is 11.7 Å². The number of esters is 1. The third-order valence-corrected chi connectivity index (χ3v) is 5.69. The highest BCUT2D eigenvalue weighted by Gasteiger charge is 2.27. The number of amides is 1. The van der Waals surface area contributed by atoms with Crippen LogP contribution in [0.5, 0.6) is 0 Å². The van der Waals surface area contributed by atoms with Crippen molar-refractivity contribution < 1.29 is 18.7 Å². The van der Waals surface area contributed by atoms with Gasteiger partial charge in [0.15, 0.2) is 5.82 Å². The summed E-state index contributed by atoms with van der Waals surface area (Å²) in [7, 11) is 1.41. The molecule has 1 fully saturated rings. The molecule has 3 rings (SSSR count). The molecule has 1 aromatic carbocycles. The van der Waals surface area contributed by atoms with Gasteiger partial charge in [0.05, 0.1) is 19.2 Å². The second-order valence-electron chi connectivity index (χ2n) is 7.65. The van der Waals surface area contributed by atoms with Gasteiger partial charge < -0.3 is 15.0 Å². The molecule has 0 radical (unpaired) electrons. The monoisotopic (exact) mass is 428 g/mol. The lowest BCUT2D eigenvalue weighted by Crippen LogP contribution is -2.30. The molecule has 1 amide bonds. The number of halogens is 1. The maximum absolute atomic E-state index is 14.6. The van der Waals surface area contributed by atoms with Crippen LogP contribution < -0.4 is 10.2 Å². The molecule has 1 aliphatic rings. The summed E-state index contributed by atoms with van der Waals surface area (Å²) in [6, 6.07) is 7.28. The van der Waals surface area contributed by atoms with Gasteiger partial charge in [-0.05, 0) is 44.7 Å². The van der Waals surface area contributed by atoms with Crippen LogP contribution in [0.15, 0.2) is 30.5 Å². The molecule has 0 aliphatic heterocycles. The van der Waals surface area contributed by atoms with E-state index in [1.165, 1.54) is 7.11 Å². The number of aromatic nitrogens is 2. The van der Waals surface area contributed by atoms with Gasteiger partial charge in [0, 0.05) is 30.3 Å². The molecule has 0 bridgehead atoms. The fraction of sp³-hybridized carbons (Fsp3) is 0.478. The number of hydrogen-bond donors (Lipinski definition) is 1. The summed E-state index contributed by atoms with van der Waals surface area (Å²) < 4.78 is 19.4. The van der Waals surface area contributed by atoms with Crippen molar-refractivity contribution in [3.63, 3.8) is 0 Å². The van der Waals surface area contributed by atoms with E-state index in [-0.39, 0.29) is 29.5 Å². The SMILES string of the molecule is CCC(=O)N(CC)c1cccc(-c2nc(NC3CCC(C(=O)OC)CC3)ncc2F)c1. The van der Waals surface area contributed by atoms with E-state index in [1.807, 2.05) is 19.9 Å². The number of nitrogens with one attached hydrogen (secondary N) is 1. The van der Waals surface area contributed by atoms with Gasteiger partial charge in [0.2, 0.25) is 11.9 Å². The molecule has 1 aromatic heterocycles. The molecule has 0 unspecified atom stereocenters. The van der Waals surface area contributed by atoms with Crippen LogP contribution in [0.4, 0.5) is 16.0 Å². The molecule has 166 valence electrons. The fourth-order valence-electron chi connectivity index (χ4n) is 3.98. The van der Waals surface area contributed by atoms with Gasteiger partial charge in [0.1, 0.15) is 5.69 Å². The first-order chi connectivity index (χ1) is 15.0. The molecule has 0 saturated heterocycles. The third-order valence-electron chi connectivity index (χ3n) is 5.69. The van der Waals surface area contributed by atoms with Crippen LogP contribution in [0.3, 0.4) is 0 Å². The average Bonchev–Trinajstić information content (AvgIpc) is 2.80. The molecule has 31 heavy (non-hydrogen) atoms. The Morgan fingerprint density at radius 1 is 1.23 bits per heavy atom. The molecule has 0 atom stereocenters. The molecule has 0 spiro atoms. The number of hydrogen-bond acceptors (Lipinski definition) is 6. The zero-order valence-corrected chi connectivity index (χ0v) is 18.2. The first-order valence-electron chi connectivity index (χ1n) is 10.7. The molecule has 1 heterocycles. The predicted octanol–water partition coefficient (Wildman–Crippen LogP) is 4.19. The van der Waals surface area contributed by atoms with E-state index in [1.54, 1.807) is 23.1 Å². The van der Waals surface area contributed by atoms with E-state index in [0.717, 1.165) is 31.9 Å². The number of rotatable bonds is 7. The standard InChI is InChI=1S/C23H29FN4O3/c1-4-20(29)28(5-2)18-8-6-7-16(13-18)21-19(24)14-25-23(27-21)26-17-11-9-15(10-12-17)22(30)31-3/h6-8,13-15,17H,4-5,9-12H2,1-3H3,(H,25,26,27). The van der Waals surface area contributed by atoms with Crippen LogP contribution in [-0.2, 0) is 14.3 Å². The number of benzene rings is 1. The second-order valence-corrected chi connectivity index (χ2v) is 7.65. The van der Waals surface area contributed by atoms with E-state index in [4.69, 9.17) is 4.74 Å². The van der Waals surface area contributed by atoms with Gasteiger partial charge in [-0.3, -0.25) is 9.59 Å². The lowest BCUT2D eigenvalue weighted by molar-refractivity contribution is -0.146. The summed E-state index contributed by atoms with van der Waals surface area (Å²) in [5.41, 5.74) is 1.47. The molecule has 7 nitrogen and oxygen atoms in total. The summed E-state index contributed by atoms with van der Waals surface area (Å²) in [5, 5.41) is 3.27. The van der Waals surface area contributed by atoms with Crippen molar-refractivity contribution in [1.82, 2.24) is 9.97 Å². The summed E-state index contributed by atoms with van der Waals surface area (Å²) in [4.78, 5) is 34.1. The topological polar surface area (TPSA) is 84.4 Å². The number of carbonyl (C=O) groups excluding carboxylic acids is 2. The number of ether oxygens (including phenoxy) is 1. The Morgan fingerprint density at radius 3 is 2.61 bits per heavy atom. The first kappa shape index (κ1) is 22.7. The highest BCUT2D eigenvalue weighted by Crippen LogP contribution is 2.29. The Kier molecular flexibility index (Phi) is 7.55. The summed E-state index contributed by atoms with van der Waals surface area (Å²) in [6.45, 7) is 4.25. The second kappa shape index (κ2) is 10.3. The van der Waals surface area contributed by atoms with Crippen LogP contribution in [0.25, 0.3) is 11.3 Å². The van der Waals surface area contributed by atoms with Gasteiger partial charge in [-0.15, -0.1) is 0 Å². The fourth-order valence-corrected chi connectivity index (χ4v) is 3.98. The Balaban J connectivity index is 1.77. The van der Waals surface area contributed by atoms with Gasteiger partial charge in [-0.25, -0.2) is 14.4 Å². The van der Waals surface area contributed by atoms with Crippen molar-refractivity contribution >= 4 is 23.5 Å². The van der Waals surface area contributed by atoms with Crippen molar-refractivity contribution in [3.8, 4) is 11.3 Å². The maximum atomic E-state index is 14.6. The summed E-state index contributed by atoms with van der Waals surface area (Å²) in [6.07, 6.45) is 4.60. The summed E-state index contributed by atoms with van der Waals surface area (Å²) in [5.74, 6) is -0.404. The van der Waals surface area contributed by atoms with Gasteiger partial charge in [-0.2, -0.15) is 0 Å². The Morgan fingerprint density at radius 2 is 1.97 bits per heavy atom. The molecular formula is C23H29FN4O3. The maximum Gasteiger partial charge on any atom is 0.308 e. The molecule has 1 N–H and O–H groups in total. The minimum Gasteiger partial charge on any atom is -0.469 e. The Bertz CT molecular complexity index is 929. The van der Waals surface area contributed by atoms with Crippen molar-refractivity contribution in [3.05, 3.63) is 36.3 Å². The molecular weight excluding hydrogens is 399 g/mol. The van der Waals surface area contributed by atoms with E-state index >= 15 is 0 Å². The van der Waals surface area contributed by atoms with Gasteiger partial charge in [0.25, 0.3) is 0 Å². The normalized spacial score (nSPS) is 18.3. The molecule has 1 aliphatic carbocycles. The lowest BCUT2D eigenvalue weighted by atomic mass is 9.86. The largest absolute Gasteiger partial charge is 0.469 e. The smallest absolute Gasteiger partial charge is 0.308 e. The predicted molar refractivity (Wildman–Crippen MR) is 117 cm³/mol.